The summed E-state index contributed by atoms with van der Waals surface area (Å²) in [5.41, 5.74) is 0.917. The van der Waals surface area contributed by atoms with Gasteiger partial charge in [-0.1, -0.05) is 18.2 Å². The minimum Gasteiger partial charge on any atom is -0.507 e. The summed E-state index contributed by atoms with van der Waals surface area (Å²) in [5.74, 6) is -2.00. The summed E-state index contributed by atoms with van der Waals surface area (Å²) in [7, 11) is 0. The van der Waals surface area contributed by atoms with Crippen LogP contribution in [0.1, 0.15) is 33.2 Å². The molecule has 0 spiro atoms. The van der Waals surface area contributed by atoms with Crippen molar-refractivity contribution in [1.29, 1.82) is 0 Å². The van der Waals surface area contributed by atoms with Gasteiger partial charge in [0.1, 0.15) is 5.75 Å². The lowest BCUT2D eigenvalue weighted by Crippen LogP contribution is -2.16. The van der Waals surface area contributed by atoms with Gasteiger partial charge >= 0.3 is 5.97 Å². The molecule has 0 atom stereocenters. The van der Waals surface area contributed by atoms with E-state index in [9.17, 15) is 19.5 Å². The highest BCUT2D eigenvalue weighted by atomic mass is 16.4. The Kier molecular flexibility index (Phi) is 4.75. The molecule has 2 aromatic rings. The number of nitrogens with one attached hydrogen (secondary N) is 1. The van der Waals surface area contributed by atoms with E-state index >= 15 is 0 Å². The summed E-state index contributed by atoms with van der Waals surface area (Å²) >= 11 is 0. The summed E-state index contributed by atoms with van der Waals surface area (Å²) in [6, 6.07) is 10.4. The number of benzene rings is 2. The van der Waals surface area contributed by atoms with Crippen LogP contribution in [0.3, 0.4) is 0 Å². The van der Waals surface area contributed by atoms with Crippen molar-refractivity contribution < 1.29 is 24.6 Å². The number of carboxylic acids is 1. The van der Waals surface area contributed by atoms with Gasteiger partial charge in [0.15, 0.2) is 5.78 Å². The number of ketones is 1. The van der Waals surface area contributed by atoms with E-state index in [0.29, 0.717) is 11.3 Å². The van der Waals surface area contributed by atoms with Gasteiger partial charge in [0, 0.05) is 5.69 Å². The van der Waals surface area contributed by atoms with Crippen molar-refractivity contribution in [2.75, 3.05) is 5.32 Å². The van der Waals surface area contributed by atoms with Crippen molar-refractivity contribution in [1.82, 2.24) is 0 Å². The van der Waals surface area contributed by atoms with E-state index in [1.54, 1.807) is 18.2 Å². The first-order valence-corrected chi connectivity index (χ1v) is 6.83. The first kappa shape index (κ1) is 16.2. The predicted octanol–water partition coefficient (Wildman–Crippen LogP) is 2.47. The second kappa shape index (κ2) is 6.74. The minimum atomic E-state index is -1.10. The number of carbonyl (C=O) groups excluding carboxylic acids is 2. The lowest BCUT2D eigenvalue weighted by Gasteiger charge is -2.09. The summed E-state index contributed by atoms with van der Waals surface area (Å²) in [4.78, 5) is 34.6. The molecule has 0 aliphatic carbocycles. The quantitative estimate of drug-likeness (QED) is 0.581. The highest BCUT2D eigenvalue weighted by molar-refractivity contribution is 6.00. The van der Waals surface area contributed by atoms with Gasteiger partial charge in [-0.25, -0.2) is 4.79 Å². The number of aromatic carboxylic acids is 1. The van der Waals surface area contributed by atoms with Crippen molar-refractivity contribution in [3.63, 3.8) is 0 Å². The van der Waals surface area contributed by atoms with Crippen LogP contribution in [0.5, 0.6) is 5.75 Å². The molecule has 1 amide bonds. The molecule has 2 aromatic carbocycles. The molecule has 0 bridgehead atoms. The normalized spacial score (nSPS) is 10.1. The van der Waals surface area contributed by atoms with E-state index in [4.69, 9.17) is 5.11 Å². The van der Waals surface area contributed by atoms with Gasteiger partial charge in [-0.05, 0) is 36.8 Å². The lowest BCUT2D eigenvalue weighted by molar-refractivity contribution is -0.115. The van der Waals surface area contributed by atoms with Crippen LogP contribution in [0.4, 0.5) is 5.69 Å². The number of Topliss-reactive ketones (excluding diaryl/α,β-unsaturated/α-hetero) is 1. The number of phenols is 1. The maximum absolute atomic E-state index is 12.1. The van der Waals surface area contributed by atoms with E-state index in [1.165, 1.54) is 31.2 Å². The number of aromatic hydroxyl groups is 1. The highest BCUT2D eigenvalue weighted by Crippen LogP contribution is 2.22. The topological polar surface area (TPSA) is 104 Å². The van der Waals surface area contributed by atoms with E-state index < -0.39 is 11.9 Å². The molecule has 0 aliphatic heterocycles. The van der Waals surface area contributed by atoms with Crippen molar-refractivity contribution >= 4 is 23.3 Å². The molecule has 0 radical (unpaired) electrons. The third-order valence-electron chi connectivity index (χ3n) is 3.26. The standard InChI is InChI=1S/C17H15NO5/c1-10(19)14-9-12(6-7-15(14)20)18-16(21)8-11-4-2-3-5-13(11)17(22)23/h2-7,9,20H,8H2,1H3,(H,18,21)(H,22,23). The fraction of sp³-hybridized carbons (Fsp3) is 0.118. The van der Waals surface area contributed by atoms with Crippen molar-refractivity contribution in [2.45, 2.75) is 13.3 Å². The SMILES string of the molecule is CC(=O)c1cc(NC(=O)Cc2ccccc2C(=O)O)ccc1O. The molecule has 2 rings (SSSR count). The second-order valence-corrected chi connectivity index (χ2v) is 4.98. The molecule has 118 valence electrons. The second-order valence-electron chi connectivity index (χ2n) is 4.98. The molecule has 6 heteroatoms. The van der Waals surface area contributed by atoms with Gasteiger partial charge in [0.2, 0.25) is 5.91 Å². The van der Waals surface area contributed by atoms with Crippen LogP contribution in [-0.2, 0) is 11.2 Å². The maximum Gasteiger partial charge on any atom is 0.335 e. The Morgan fingerprint density at radius 2 is 1.74 bits per heavy atom. The molecular formula is C17H15NO5. The molecule has 0 saturated heterocycles. The van der Waals surface area contributed by atoms with Crippen LogP contribution in [0.15, 0.2) is 42.5 Å². The molecule has 23 heavy (non-hydrogen) atoms. The third kappa shape index (κ3) is 3.94. The van der Waals surface area contributed by atoms with Gasteiger partial charge in [-0.3, -0.25) is 9.59 Å². The van der Waals surface area contributed by atoms with E-state index in [2.05, 4.69) is 5.32 Å². The Morgan fingerprint density at radius 1 is 1.04 bits per heavy atom. The van der Waals surface area contributed by atoms with Gasteiger partial charge in [-0.2, -0.15) is 0 Å². The zero-order chi connectivity index (χ0) is 17.0. The average Bonchev–Trinajstić information content (AvgIpc) is 2.49. The Bertz CT molecular complexity index is 782. The van der Waals surface area contributed by atoms with Gasteiger partial charge in [0.25, 0.3) is 0 Å². The highest BCUT2D eigenvalue weighted by Gasteiger charge is 2.14. The van der Waals surface area contributed by atoms with E-state index in [-0.39, 0.29) is 29.1 Å². The summed E-state index contributed by atoms with van der Waals surface area (Å²) in [6.07, 6.45) is -0.112. The van der Waals surface area contributed by atoms with Crippen molar-refractivity contribution in [3.05, 3.63) is 59.2 Å². The Labute approximate surface area is 132 Å². The Hall–Kier alpha value is -3.15. The Morgan fingerprint density at radius 3 is 2.39 bits per heavy atom. The van der Waals surface area contributed by atoms with Crippen LogP contribution in [0.25, 0.3) is 0 Å². The summed E-state index contributed by atoms with van der Waals surface area (Å²) in [6.45, 7) is 1.31. The summed E-state index contributed by atoms with van der Waals surface area (Å²) < 4.78 is 0. The van der Waals surface area contributed by atoms with Crippen LogP contribution < -0.4 is 5.32 Å². The van der Waals surface area contributed by atoms with Crippen molar-refractivity contribution in [2.24, 2.45) is 0 Å². The van der Waals surface area contributed by atoms with Crippen molar-refractivity contribution in [3.8, 4) is 5.75 Å². The molecule has 6 nitrogen and oxygen atoms in total. The molecule has 0 heterocycles. The van der Waals surface area contributed by atoms with Crippen LogP contribution in [0, 0.1) is 0 Å². The predicted molar refractivity (Wildman–Crippen MR) is 83.8 cm³/mol. The van der Waals surface area contributed by atoms with Gasteiger partial charge in [-0.15, -0.1) is 0 Å². The number of amides is 1. The molecule has 3 N–H and O–H groups in total. The first-order valence-electron chi connectivity index (χ1n) is 6.83. The largest absolute Gasteiger partial charge is 0.507 e. The number of hydrogen-bond acceptors (Lipinski definition) is 4. The number of carbonyl (C=O) groups is 3. The molecular weight excluding hydrogens is 298 g/mol. The summed E-state index contributed by atoms with van der Waals surface area (Å²) in [5, 5.41) is 21.3. The molecule has 0 aliphatic rings. The van der Waals surface area contributed by atoms with Crippen LogP contribution in [-0.4, -0.2) is 27.9 Å². The average molecular weight is 313 g/mol. The molecule has 0 fully saturated rings. The van der Waals surface area contributed by atoms with Crippen LogP contribution >= 0.6 is 0 Å². The zero-order valence-electron chi connectivity index (χ0n) is 12.4. The molecule has 0 unspecified atom stereocenters. The maximum atomic E-state index is 12.1. The number of anilines is 1. The monoisotopic (exact) mass is 313 g/mol. The van der Waals surface area contributed by atoms with Crippen LogP contribution in [0.2, 0.25) is 0 Å². The first-order chi connectivity index (χ1) is 10.9. The number of carboxylic acid groups (broad SMARTS) is 1. The fourth-order valence-corrected chi connectivity index (χ4v) is 2.16. The Balaban J connectivity index is 2.16. The number of rotatable bonds is 5. The lowest BCUT2D eigenvalue weighted by atomic mass is 10.0. The van der Waals surface area contributed by atoms with E-state index in [1.807, 2.05) is 0 Å². The number of hydrogen-bond donors (Lipinski definition) is 3. The zero-order valence-corrected chi connectivity index (χ0v) is 12.4. The molecule has 0 saturated carbocycles. The fourth-order valence-electron chi connectivity index (χ4n) is 2.16. The smallest absolute Gasteiger partial charge is 0.335 e. The van der Waals surface area contributed by atoms with Gasteiger partial charge in [0.05, 0.1) is 17.5 Å². The van der Waals surface area contributed by atoms with E-state index in [0.717, 1.165) is 0 Å². The third-order valence-corrected chi connectivity index (χ3v) is 3.26. The van der Waals surface area contributed by atoms with Gasteiger partial charge < -0.3 is 15.5 Å². The molecule has 0 aromatic heterocycles. The minimum absolute atomic E-state index is 0.0674. The number of phenolic OH excluding ortho intramolecular Hbond substituents is 1.